The second-order valence-electron chi connectivity index (χ2n) is 6.76. The summed E-state index contributed by atoms with van der Waals surface area (Å²) >= 11 is 0. The topological polar surface area (TPSA) is 174 Å². The molecule has 33 heavy (non-hydrogen) atoms. The maximum absolute atomic E-state index is 12.0. The van der Waals surface area contributed by atoms with Crippen LogP contribution in [0, 0.1) is 0 Å². The average Bonchev–Trinajstić information content (AvgIpc) is 2.71. The van der Waals surface area contributed by atoms with Crippen LogP contribution in [-0.2, 0) is 20.2 Å². The van der Waals surface area contributed by atoms with Crippen LogP contribution in [-0.4, -0.2) is 65.7 Å². The van der Waals surface area contributed by atoms with Gasteiger partial charge in [0.25, 0.3) is 20.2 Å². The first kappa shape index (κ1) is 25.1. The van der Waals surface area contributed by atoms with Gasteiger partial charge in [0.1, 0.15) is 16.3 Å². The number of fused-ring (bicyclic) bond motifs is 2. The largest absolute Gasteiger partial charge is 0.507 e. The molecule has 0 amide bonds. The van der Waals surface area contributed by atoms with Gasteiger partial charge in [0.05, 0.1) is 16.0 Å². The first-order valence-electron chi connectivity index (χ1n) is 8.84. The van der Waals surface area contributed by atoms with Crippen LogP contribution in [0.25, 0.3) is 21.5 Å². The van der Waals surface area contributed by atoms with E-state index in [4.69, 9.17) is 0 Å². The number of hydrogen-bond acceptors (Lipinski definition) is 8. The van der Waals surface area contributed by atoms with Crippen LogP contribution in [0.1, 0.15) is 0 Å². The van der Waals surface area contributed by atoms with E-state index in [0.717, 1.165) is 17.5 Å². The van der Waals surface area contributed by atoms with Crippen LogP contribution < -0.4 is 0 Å². The molecule has 0 atom stereocenters. The van der Waals surface area contributed by atoms with Crippen molar-refractivity contribution in [1.29, 1.82) is 0 Å². The quantitative estimate of drug-likeness (QED) is 0.186. The molecule has 0 aromatic heterocycles. The van der Waals surface area contributed by atoms with E-state index in [-0.39, 0.29) is 40.3 Å². The van der Waals surface area contributed by atoms with Crippen molar-refractivity contribution < 1.29 is 36.2 Å². The van der Waals surface area contributed by atoms with E-state index in [2.05, 4.69) is 10.2 Å². The molecule has 0 aliphatic rings. The summed E-state index contributed by atoms with van der Waals surface area (Å²) < 4.78 is 65.6. The van der Waals surface area contributed by atoms with E-state index >= 15 is 0 Å². The fraction of sp³-hybridized carbons (Fsp3) is 0. The molecule has 4 rings (SSSR count). The summed E-state index contributed by atoms with van der Waals surface area (Å²) in [6, 6.07) is 14.6. The summed E-state index contributed by atoms with van der Waals surface area (Å²) in [6.45, 7) is 0. The molecule has 0 saturated carbocycles. The van der Waals surface area contributed by atoms with Gasteiger partial charge in [-0.3, -0.25) is 9.11 Å². The van der Waals surface area contributed by atoms with E-state index < -0.39 is 47.2 Å². The second-order valence-corrected chi connectivity index (χ2v) is 9.57. The van der Waals surface area contributed by atoms with Crippen LogP contribution in [0.4, 0.5) is 11.4 Å². The zero-order valence-corrected chi connectivity index (χ0v) is 20.5. The number of aromatic hydroxyl groups is 2. The third-order valence-electron chi connectivity index (χ3n) is 4.70. The number of azo groups is 1. The van der Waals surface area contributed by atoms with Crippen molar-refractivity contribution in [3.63, 3.8) is 0 Å². The van der Waals surface area contributed by atoms with E-state index in [1.165, 1.54) is 0 Å². The van der Waals surface area contributed by atoms with Crippen molar-refractivity contribution in [3.8, 4) is 11.5 Å². The zero-order valence-electron chi connectivity index (χ0n) is 16.9. The first-order chi connectivity index (χ1) is 15.0. The van der Waals surface area contributed by atoms with Crippen molar-refractivity contribution in [2.75, 3.05) is 0 Å². The Kier molecular flexibility index (Phi) is 6.82. The van der Waals surface area contributed by atoms with Gasteiger partial charge in [0.15, 0.2) is 5.75 Å². The number of benzene rings is 4. The standard InChI is InChI=1S/C20H14N2O8S2.Na/c23-16-10-13(31(25,26)27)8-12-9-17(32(28,29)30)19(20(24)18(12)16)22-21-15-7-3-5-11-4-1-2-6-14(11)15;/h1-10,23-24H,(H,25,26,27)(H,28,29,30);. The van der Waals surface area contributed by atoms with Gasteiger partial charge < -0.3 is 10.2 Å². The van der Waals surface area contributed by atoms with Gasteiger partial charge in [-0.25, -0.2) is 0 Å². The summed E-state index contributed by atoms with van der Waals surface area (Å²) in [7, 11) is -9.71. The number of rotatable bonds is 4. The molecular formula is C20H14N2NaO8S2. The summed E-state index contributed by atoms with van der Waals surface area (Å²) in [5.41, 5.74) is -0.322. The Morgan fingerprint density at radius 3 is 2.06 bits per heavy atom. The smallest absolute Gasteiger partial charge is 0.296 e. The van der Waals surface area contributed by atoms with Crippen molar-refractivity contribution in [3.05, 3.63) is 60.7 Å². The van der Waals surface area contributed by atoms with E-state index in [1.54, 1.807) is 24.3 Å². The predicted molar refractivity (Wildman–Crippen MR) is 121 cm³/mol. The Hall–Kier alpha value is -2.58. The van der Waals surface area contributed by atoms with Crippen LogP contribution in [0.15, 0.2) is 80.7 Å². The van der Waals surface area contributed by atoms with Crippen molar-refractivity contribution >= 4 is 82.7 Å². The molecule has 165 valence electrons. The molecule has 1 radical (unpaired) electrons. The van der Waals surface area contributed by atoms with Crippen LogP contribution in [0.3, 0.4) is 0 Å². The fourth-order valence-electron chi connectivity index (χ4n) is 3.28. The predicted octanol–water partition coefficient (Wildman–Crippen LogP) is 3.93. The Morgan fingerprint density at radius 2 is 1.39 bits per heavy atom. The Balaban J connectivity index is 0.00000306. The molecule has 0 spiro atoms. The monoisotopic (exact) mass is 497 g/mol. The van der Waals surface area contributed by atoms with Crippen LogP contribution in [0.2, 0.25) is 0 Å². The molecule has 0 heterocycles. The first-order valence-corrected chi connectivity index (χ1v) is 11.7. The average molecular weight is 497 g/mol. The maximum Gasteiger partial charge on any atom is 0.296 e. The third-order valence-corrected chi connectivity index (χ3v) is 6.40. The molecule has 4 aromatic rings. The molecule has 0 bridgehead atoms. The normalized spacial score (nSPS) is 12.3. The van der Waals surface area contributed by atoms with Crippen molar-refractivity contribution in [2.24, 2.45) is 10.2 Å². The van der Waals surface area contributed by atoms with Crippen LogP contribution >= 0.6 is 0 Å². The van der Waals surface area contributed by atoms with E-state index in [0.29, 0.717) is 17.1 Å². The number of nitrogens with zero attached hydrogens (tertiary/aromatic N) is 2. The maximum atomic E-state index is 12.0. The fourth-order valence-corrected chi connectivity index (χ4v) is 4.47. The van der Waals surface area contributed by atoms with Gasteiger partial charge >= 0.3 is 0 Å². The number of hydrogen-bond donors (Lipinski definition) is 4. The van der Waals surface area contributed by atoms with Gasteiger partial charge in [0.2, 0.25) is 0 Å². The Labute approximate surface area is 210 Å². The minimum Gasteiger partial charge on any atom is -0.507 e. The van der Waals surface area contributed by atoms with Crippen molar-refractivity contribution in [2.45, 2.75) is 9.79 Å². The molecule has 4 aromatic carbocycles. The number of phenols is 2. The van der Waals surface area contributed by atoms with Gasteiger partial charge in [-0.1, -0.05) is 36.4 Å². The second kappa shape index (κ2) is 8.99. The molecule has 13 heteroatoms. The molecular weight excluding hydrogens is 483 g/mol. The van der Waals surface area contributed by atoms with Gasteiger partial charge in [-0.2, -0.15) is 16.8 Å². The van der Waals surface area contributed by atoms with Crippen LogP contribution in [0.5, 0.6) is 11.5 Å². The molecule has 4 N–H and O–H groups in total. The summed E-state index contributed by atoms with van der Waals surface area (Å²) in [6.07, 6.45) is 0. The summed E-state index contributed by atoms with van der Waals surface area (Å²) in [4.78, 5) is -1.62. The van der Waals surface area contributed by atoms with Gasteiger partial charge in [-0.15, -0.1) is 10.2 Å². The molecule has 0 unspecified atom stereocenters. The Bertz CT molecular complexity index is 1650. The van der Waals surface area contributed by atoms with Crippen molar-refractivity contribution in [1.82, 2.24) is 0 Å². The molecule has 10 nitrogen and oxygen atoms in total. The molecule has 0 aliphatic heterocycles. The minimum atomic E-state index is -4.96. The van der Waals surface area contributed by atoms with E-state index in [9.17, 15) is 36.2 Å². The molecule has 0 fully saturated rings. The zero-order chi connectivity index (χ0) is 23.3. The van der Waals surface area contributed by atoms with E-state index in [1.807, 2.05) is 18.2 Å². The SMILES string of the molecule is O=S(=O)(O)c1cc(O)c2c(O)c(N=Nc3cccc4ccccc34)c(S(=O)(=O)O)cc2c1.[Na]. The van der Waals surface area contributed by atoms with Gasteiger partial charge in [-0.05, 0) is 29.0 Å². The molecule has 0 saturated heterocycles. The Morgan fingerprint density at radius 1 is 0.727 bits per heavy atom. The summed E-state index contributed by atoms with van der Waals surface area (Å²) in [5.74, 6) is -1.63. The third kappa shape index (κ3) is 4.87. The minimum absolute atomic E-state index is 0. The van der Waals surface area contributed by atoms with Gasteiger partial charge in [0, 0.05) is 41.0 Å². The summed E-state index contributed by atoms with van der Waals surface area (Å²) in [5, 5.41) is 29.6. The number of phenolic OH excluding ortho intramolecular Hbond substituents is 2. The molecule has 0 aliphatic carbocycles.